The van der Waals surface area contributed by atoms with Gasteiger partial charge < -0.3 is 4.74 Å². The maximum atomic E-state index is 13.3. The number of amides is 1. The Morgan fingerprint density at radius 2 is 1.88 bits per heavy atom. The van der Waals surface area contributed by atoms with E-state index in [4.69, 9.17) is 32.9 Å². The molecule has 0 saturated carbocycles. The molecular formula is C29H28Cl2FN7O2. The van der Waals surface area contributed by atoms with Crippen molar-refractivity contribution in [3.8, 4) is 22.9 Å². The van der Waals surface area contributed by atoms with Crippen LogP contribution in [0.4, 0.5) is 10.1 Å². The van der Waals surface area contributed by atoms with Crippen molar-refractivity contribution in [2.45, 2.75) is 45.7 Å². The number of carbonyl (C=O) groups is 1. The topological polar surface area (TPSA) is 110 Å². The van der Waals surface area contributed by atoms with Gasteiger partial charge in [0.2, 0.25) is 0 Å². The maximum Gasteiger partial charge on any atom is 0.265 e. The Hall–Kier alpha value is -3.81. The molecule has 1 aromatic carbocycles. The van der Waals surface area contributed by atoms with E-state index in [1.165, 1.54) is 4.90 Å². The highest BCUT2D eigenvalue weighted by Crippen LogP contribution is 2.41. The van der Waals surface area contributed by atoms with Crippen molar-refractivity contribution in [3.63, 3.8) is 0 Å². The first kappa shape index (κ1) is 28.7. The fourth-order valence-corrected chi connectivity index (χ4v) is 5.57. The van der Waals surface area contributed by atoms with Gasteiger partial charge in [-0.25, -0.2) is 24.0 Å². The second kappa shape index (κ2) is 12.4. The molecule has 1 aliphatic heterocycles. The van der Waals surface area contributed by atoms with E-state index in [0.29, 0.717) is 70.8 Å². The van der Waals surface area contributed by atoms with E-state index in [1.54, 1.807) is 12.3 Å². The van der Waals surface area contributed by atoms with Crippen LogP contribution in [0.5, 0.6) is 5.75 Å². The number of hydrogen-bond donors (Lipinski definition) is 0. The zero-order valence-electron chi connectivity index (χ0n) is 22.6. The predicted octanol–water partition coefficient (Wildman–Crippen LogP) is 5.82. The second-order valence-electron chi connectivity index (χ2n) is 10.2. The number of ether oxygens (including phenoxy) is 1. The van der Waals surface area contributed by atoms with Crippen molar-refractivity contribution >= 4 is 45.8 Å². The number of halogens is 3. The highest BCUT2D eigenvalue weighted by Gasteiger charge is 2.29. The van der Waals surface area contributed by atoms with E-state index in [1.807, 2.05) is 16.8 Å². The number of benzene rings is 1. The summed E-state index contributed by atoms with van der Waals surface area (Å²) in [5.41, 5.74) is 3.79. The van der Waals surface area contributed by atoms with Gasteiger partial charge in [0.1, 0.15) is 17.6 Å². The molecule has 4 aromatic rings. The number of aromatic nitrogens is 5. The first-order valence-electron chi connectivity index (χ1n) is 13.3. The van der Waals surface area contributed by atoms with Crippen LogP contribution in [-0.2, 0) is 17.8 Å². The maximum absolute atomic E-state index is 13.3. The minimum absolute atomic E-state index is 0.0391. The number of fused-ring (bicyclic) bond motifs is 2. The third-order valence-electron chi connectivity index (χ3n) is 6.93. The lowest BCUT2D eigenvalue weighted by molar-refractivity contribution is -0.121. The average molecular weight is 596 g/mol. The number of nitrogens with zero attached hydrogens (tertiary/aromatic N) is 7. The summed E-state index contributed by atoms with van der Waals surface area (Å²) in [5, 5.41) is 15.7. The number of alkyl halides is 2. The molecule has 1 amide bonds. The second-order valence-corrected chi connectivity index (χ2v) is 11.0. The summed E-state index contributed by atoms with van der Waals surface area (Å²) in [7, 11) is 0. The molecule has 212 valence electrons. The molecule has 1 aliphatic rings. The summed E-state index contributed by atoms with van der Waals surface area (Å²) in [6.45, 7) is 4.04. The molecular weight excluding hydrogens is 568 g/mol. The molecule has 0 aliphatic carbocycles. The zero-order valence-corrected chi connectivity index (χ0v) is 24.2. The van der Waals surface area contributed by atoms with Gasteiger partial charge in [-0.05, 0) is 42.9 Å². The third kappa shape index (κ3) is 5.83. The molecule has 9 nitrogen and oxygen atoms in total. The Morgan fingerprint density at radius 1 is 1.15 bits per heavy atom. The van der Waals surface area contributed by atoms with Crippen LogP contribution >= 0.6 is 23.2 Å². The smallest absolute Gasteiger partial charge is 0.265 e. The van der Waals surface area contributed by atoms with Crippen LogP contribution in [0.1, 0.15) is 49.8 Å². The summed E-state index contributed by atoms with van der Waals surface area (Å²) < 4.78 is 21.0. The van der Waals surface area contributed by atoms with Crippen LogP contribution in [-0.4, -0.2) is 49.0 Å². The Balaban J connectivity index is 1.64. The van der Waals surface area contributed by atoms with E-state index in [2.05, 4.69) is 35.0 Å². The highest BCUT2D eigenvalue weighted by molar-refractivity contribution is 6.18. The first-order chi connectivity index (χ1) is 19.8. The van der Waals surface area contributed by atoms with Crippen LogP contribution in [0.15, 0.2) is 36.8 Å². The van der Waals surface area contributed by atoms with Gasteiger partial charge in [0.25, 0.3) is 5.91 Å². The lowest BCUT2D eigenvalue weighted by atomic mass is 9.93. The number of hydrogen-bond acceptors (Lipinski definition) is 7. The normalized spacial score (nSPS) is 13.1. The molecule has 12 heteroatoms. The van der Waals surface area contributed by atoms with Crippen LogP contribution in [0.3, 0.4) is 0 Å². The van der Waals surface area contributed by atoms with Crippen LogP contribution in [0, 0.1) is 23.1 Å². The van der Waals surface area contributed by atoms with E-state index < -0.39 is 5.82 Å². The predicted molar refractivity (Wildman–Crippen MR) is 155 cm³/mol. The molecule has 5 rings (SSSR count). The molecule has 41 heavy (non-hydrogen) atoms. The monoisotopic (exact) mass is 595 g/mol. The van der Waals surface area contributed by atoms with Crippen molar-refractivity contribution in [1.29, 1.82) is 5.26 Å². The van der Waals surface area contributed by atoms with E-state index >= 15 is 0 Å². The van der Waals surface area contributed by atoms with Gasteiger partial charge in [-0.2, -0.15) is 10.4 Å². The van der Waals surface area contributed by atoms with E-state index in [0.717, 1.165) is 23.3 Å². The zero-order chi connectivity index (χ0) is 29.1. The Labute approximate surface area is 246 Å². The number of nitriles is 1. The molecule has 0 atom stereocenters. The summed E-state index contributed by atoms with van der Waals surface area (Å²) in [5.74, 6) is 1.11. The van der Waals surface area contributed by atoms with Crippen molar-refractivity contribution in [1.82, 2.24) is 24.7 Å². The van der Waals surface area contributed by atoms with Crippen molar-refractivity contribution in [3.05, 3.63) is 59.7 Å². The summed E-state index contributed by atoms with van der Waals surface area (Å²) in [4.78, 5) is 27.2. The fraction of sp³-hybridized carbons (Fsp3) is 0.379. The van der Waals surface area contributed by atoms with Gasteiger partial charge in [0, 0.05) is 22.7 Å². The van der Waals surface area contributed by atoms with Crippen molar-refractivity contribution in [2.24, 2.45) is 5.92 Å². The number of anilines is 1. The van der Waals surface area contributed by atoms with Gasteiger partial charge in [0.15, 0.2) is 18.1 Å². The molecule has 0 radical (unpaired) electrons. The number of carbonyl (C=O) groups excluding carboxylic acids is 1. The molecule has 0 spiro atoms. The molecule has 0 fully saturated rings. The van der Waals surface area contributed by atoms with E-state index in [-0.39, 0.29) is 31.0 Å². The molecule has 0 unspecified atom stereocenters. The van der Waals surface area contributed by atoms with E-state index in [9.17, 15) is 14.4 Å². The lowest BCUT2D eigenvalue weighted by Gasteiger charge is -2.29. The van der Waals surface area contributed by atoms with Crippen molar-refractivity contribution < 1.29 is 13.9 Å². The highest BCUT2D eigenvalue weighted by atomic mass is 35.5. The van der Waals surface area contributed by atoms with Gasteiger partial charge in [-0.3, -0.25) is 9.69 Å². The Morgan fingerprint density at radius 3 is 2.54 bits per heavy atom. The number of rotatable bonds is 10. The largest absolute Gasteiger partial charge is 0.482 e. The minimum atomic E-state index is -0.555. The summed E-state index contributed by atoms with van der Waals surface area (Å²) >= 11 is 12.2. The summed E-state index contributed by atoms with van der Waals surface area (Å²) in [6, 6.07) is 7.79. The van der Waals surface area contributed by atoms with Crippen molar-refractivity contribution in [2.75, 3.05) is 23.3 Å². The van der Waals surface area contributed by atoms with Gasteiger partial charge in [0.05, 0.1) is 48.1 Å². The van der Waals surface area contributed by atoms with Crippen LogP contribution in [0.2, 0.25) is 0 Å². The molecule has 0 bridgehead atoms. The molecule has 0 saturated heterocycles. The Kier molecular flexibility index (Phi) is 8.66. The molecule has 4 heterocycles. The summed E-state index contributed by atoms with van der Waals surface area (Å²) in [6.07, 6.45) is 5.82. The van der Waals surface area contributed by atoms with Crippen LogP contribution < -0.4 is 9.64 Å². The fourth-order valence-electron chi connectivity index (χ4n) is 5.06. The first-order valence-corrected chi connectivity index (χ1v) is 14.4. The van der Waals surface area contributed by atoms with Gasteiger partial charge >= 0.3 is 0 Å². The van der Waals surface area contributed by atoms with Gasteiger partial charge in [-0.15, -0.1) is 23.2 Å². The molecule has 3 aromatic heterocycles. The molecule has 0 N–H and O–H groups in total. The SMILES string of the molecule is CC(C)Cc1nc2c(cnn2C(CCCl)CCCl)c(-c2ccc3c(c2)OCC(=O)N3Cc2ncc(F)cn2)c1C#N. The standard InChI is InChI=1S/C29H28Cl2FN7O2/c1-17(2)9-23-21(11-33)28(22-14-36-39(29(22)37-23)20(5-7-30)6-8-31)18-3-4-24-25(10-18)41-16-27(40)38(24)15-26-34-12-19(32)13-35-26/h3-4,10,12-14,17,20H,5-9,15-16H2,1-2H3. The quantitative estimate of drug-likeness (QED) is 0.212. The minimum Gasteiger partial charge on any atom is -0.482 e. The van der Waals surface area contributed by atoms with Crippen LogP contribution in [0.25, 0.3) is 22.2 Å². The third-order valence-corrected chi connectivity index (χ3v) is 7.36. The number of pyridine rings is 1. The average Bonchev–Trinajstić information content (AvgIpc) is 3.37. The Bertz CT molecular complexity index is 1610. The lowest BCUT2D eigenvalue weighted by Crippen LogP contribution is -2.38. The van der Waals surface area contributed by atoms with Gasteiger partial charge in [-0.1, -0.05) is 19.9 Å².